The standard InChI is InChI=1S/C15H14BrN3O3S2/c1-24(21,22)13-7-2-10(9-20)14(8-13)18-19(15(17)23)12-5-3-11(16)4-6-12/h2-9,18H,1H3,(H2,17,23). The molecule has 0 saturated heterocycles. The van der Waals surface area contributed by atoms with Crippen LogP contribution < -0.4 is 16.2 Å². The van der Waals surface area contributed by atoms with E-state index >= 15 is 0 Å². The molecule has 2 aromatic rings. The number of hydrogen-bond donors (Lipinski definition) is 2. The van der Waals surface area contributed by atoms with Crippen LogP contribution in [0.5, 0.6) is 0 Å². The van der Waals surface area contributed by atoms with Crippen LogP contribution in [-0.4, -0.2) is 26.1 Å². The van der Waals surface area contributed by atoms with Gasteiger partial charge in [-0.1, -0.05) is 15.9 Å². The maximum Gasteiger partial charge on any atom is 0.190 e. The molecule has 0 unspecified atom stereocenters. The van der Waals surface area contributed by atoms with Crippen molar-refractivity contribution in [3.8, 4) is 0 Å². The molecule has 0 spiro atoms. The van der Waals surface area contributed by atoms with Gasteiger partial charge in [0.05, 0.1) is 16.3 Å². The number of anilines is 2. The average molecular weight is 428 g/mol. The molecule has 0 atom stereocenters. The second-order valence-electron chi connectivity index (χ2n) is 4.90. The smallest absolute Gasteiger partial charge is 0.190 e. The van der Waals surface area contributed by atoms with Crippen molar-refractivity contribution in [3.05, 3.63) is 52.5 Å². The van der Waals surface area contributed by atoms with E-state index in [4.69, 9.17) is 18.0 Å². The van der Waals surface area contributed by atoms with Gasteiger partial charge in [-0.05, 0) is 54.7 Å². The number of hydrogen-bond acceptors (Lipinski definition) is 5. The fourth-order valence-electron chi connectivity index (χ4n) is 1.92. The highest BCUT2D eigenvalue weighted by molar-refractivity contribution is 9.10. The van der Waals surface area contributed by atoms with Gasteiger partial charge in [-0.2, -0.15) is 0 Å². The number of carbonyl (C=O) groups is 1. The highest BCUT2D eigenvalue weighted by atomic mass is 79.9. The Morgan fingerprint density at radius 1 is 1.25 bits per heavy atom. The fourth-order valence-corrected chi connectivity index (χ4v) is 2.99. The molecule has 2 aromatic carbocycles. The fraction of sp³-hybridized carbons (Fsp3) is 0.0667. The van der Waals surface area contributed by atoms with Crippen LogP contribution in [-0.2, 0) is 9.84 Å². The molecule has 0 aliphatic rings. The van der Waals surface area contributed by atoms with Crippen molar-refractivity contribution in [2.75, 3.05) is 16.7 Å². The van der Waals surface area contributed by atoms with E-state index in [1.54, 1.807) is 24.3 Å². The Hall–Kier alpha value is -1.97. The number of hydrazine groups is 1. The molecule has 0 amide bonds. The highest BCUT2D eigenvalue weighted by Crippen LogP contribution is 2.24. The molecule has 0 fully saturated rings. The molecule has 6 nitrogen and oxygen atoms in total. The molecule has 2 rings (SSSR count). The van der Waals surface area contributed by atoms with Crippen LogP contribution in [0.4, 0.5) is 11.4 Å². The lowest BCUT2D eigenvalue weighted by atomic mass is 10.2. The Labute approximate surface area is 153 Å². The quantitative estimate of drug-likeness (QED) is 0.430. The Morgan fingerprint density at radius 2 is 1.88 bits per heavy atom. The largest absolute Gasteiger partial charge is 0.374 e. The lowest BCUT2D eigenvalue weighted by Gasteiger charge is -2.25. The van der Waals surface area contributed by atoms with E-state index < -0.39 is 9.84 Å². The number of nitrogens with one attached hydrogen (secondary N) is 1. The van der Waals surface area contributed by atoms with Crippen molar-refractivity contribution in [2.24, 2.45) is 5.73 Å². The first-order valence-corrected chi connectivity index (χ1v) is 9.72. The Bertz CT molecular complexity index is 883. The third kappa shape index (κ3) is 4.31. The minimum absolute atomic E-state index is 0.0129. The van der Waals surface area contributed by atoms with Crippen LogP contribution in [0.2, 0.25) is 0 Å². The predicted octanol–water partition coefficient (Wildman–Crippen LogP) is 2.74. The molecule has 0 bridgehead atoms. The number of nitrogens with zero attached hydrogens (tertiary/aromatic N) is 1. The summed E-state index contributed by atoms with van der Waals surface area (Å²) in [5.74, 6) is 0. The van der Waals surface area contributed by atoms with Crippen LogP contribution in [0, 0.1) is 0 Å². The molecule has 126 valence electrons. The van der Waals surface area contributed by atoms with Crippen LogP contribution in [0.1, 0.15) is 10.4 Å². The van der Waals surface area contributed by atoms with Gasteiger partial charge in [-0.25, -0.2) is 13.4 Å². The Morgan fingerprint density at radius 3 is 2.38 bits per heavy atom. The van der Waals surface area contributed by atoms with Crippen LogP contribution in [0.15, 0.2) is 51.8 Å². The Kier molecular flexibility index (Phi) is 5.58. The molecular weight excluding hydrogens is 414 g/mol. The number of carbonyl (C=O) groups excluding carboxylic acids is 1. The summed E-state index contributed by atoms with van der Waals surface area (Å²) >= 11 is 8.38. The summed E-state index contributed by atoms with van der Waals surface area (Å²) < 4.78 is 24.3. The number of benzene rings is 2. The van der Waals surface area contributed by atoms with Gasteiger partial charge < -0.3 is 5.73 Å². The van der Waals surface area contributed by atoms with Crippen LogP contribution in [0.25, 0.3) is 0 Å². The summed E-state index contributed by atoms with van der Waals surface area (Å²) in [6.07, 6.45) is 1.71. The molecule has 0 aliphatic heterocycles. The average Bonchev–Trinajstić information content (AvgIpc) is 2.52. The van der Waals surface area contributed by atoms with Gasteiger partial charge >= 0.3 is 0 Å². The zero-order valence-corrected chi connectivity index (χ0v) is 15.8. The van der Waals surface area contributed by atoms with Crippen molar-refractivity contribution in [3.63, 3.8) is 0 Å². The number of nitrogens with two attached hydrogens (primary N) is 1. The summed E-state index contributed by atoms with van der Waals surface area (Å²) in [6, 6.07) is 11.3. The topological polar surface area (TPSA) is 92.5 Å². The number of thiocarbonyl (C=S) groups is 1. The summed E-state index contributed by atoms with van der Waals surface area (Å²) in [7, 11) is -3.42. The molecule has 9 heteroatoms. The molecule has 0 radical (unpaired) electrons. The first-order valence-electron chi connectivity index (χ1n) is 6.63. The molecule has 0 aromatic heterocycles. The second-order valence-corrected chi connectivity index (χ2v) is 8.25. The summed E-state index contributed by atoms with van der Waals surface area (Å²) in [6.45, 7) is 0. The zero-order chi connectivity index (χ0) is 17.9. The normalized spacial score (nSPS) is 10.9. The van der Waals surface area contributed by atoms with E-state index in [1.807, 2.05) is 0 Å². The third-order valence-electron chi connectivity index (χ3n) is 3.12. The van der Waals surface area contributed by atoms with Crippen molar-refractivity contribution < 1.29 is 13.2 Å². The van der Waals surface area contributed by atoms with E-state index in [2.05, 4.69) is 21.4 Å². The van der Waals surface area contributed by atoms with E-state index in [0.717, 1.165) is 10.7 Å². The van der Waals surface area contributed by atoms with Gasteiger partial charge in [0, 0.05) is 16.3 Å². The molecule has 0 saturated carbocycles. The van der Waals surface area contributed by atoms with Crippen molar-refractivity contribution >= 4 is 60.8 Å². The summed E-state index contributed by atoms with van der Waals surface area (Å²) in [5, 5.41) is 1.40. The van der Waals surface area contributed by atoms with E-state index in [-0.39, 0.29) is 21.3 Å². The monoisotopic (exact) mass is 427 g/mol. The van der Waals surface area contributed by atoms with E-state index in [1.165, 1.54) is 23.2 Å². The maximum atomic E-state index is 11.7. The molecular formula is C15H14BrN3O3S2. The molecule has 0 aliphatic carbocycles. The summed E-state index contributed by atoms with van der Waals surface area (Å²) in [5.41, 5.74) is 9.84. The van der Waals surface area contributed by atoms with Gasteiger partial charge in [0.1, 0.15) is 0 Å². The van der Waals surface area contributed by atoms with Gasteiger partial charge in [-0.3, -0.25) is 10.2 Å². The maximum absolute atomic E-state index is 11.7. The Balaban J connectivity index is 2.47. The lowest BCUT2D eigenvalue weighted by molar-refractivity contribution is 0.112. The second kappa shape index (κ2) is 7.29. The number of halogens is 1. The lowest BCUT2D eigenvalue weighted by Crippen LogP contribution is -2.40. The van der Waals surface area contributed by atoms with Gasteiger partial charge in [0.25, 0.3) is 0 Å². The minimum Gasteiger partial charge on any atom is -0.374 e. The van der Waals surface area contributed by atoms with Crippen molar-refractivity contribution in [1.29, 1.82) is 0 Å². The van der Waals surface area contributed by atoms with E-state index in [9.17, 15) is 13.2 Å². The van der Waals surface area contributed by atoms with Crippen molar-refractivity contribution in [1.82, 2.24) is 0 Å². The third-order valence-corrected chi connectivity index (χ3v) is 4.94. The van der Waals surface area contributed by atoms with E-state index in [0.29, 0.717) is 12.0 Å². The van der Waals surface area contributed by atoms with Gasteiger partial charge in [0.2, 0.25) is 0 Å². The highest BCUT2D eigenvalue weighted by Gasteiger charge is 2.15. The summed E-state index contributed by atoms with van der Waals surface area (Å²) in [4.78, 5) is 11.3. The number of aldehydes is 1. The van der Waals surface area contributed by atoms with Crippen LogP contribution in [0.3, 0.4) is 0 Å². The molecule has 24 heavy (non-hydrogen) atoms. The predicted molar refractivity (Wildman–Crippen MR) is 102 cm³/mol. The zero-order valence-electron chi connectivity index (χ0n) is 12.6. The van der Waals surface area contributed by atoms with Crippen LogP contribution >= 0.6 is 28.1 Å². The van der Waals surface area contributed by atoms with Gasteiger partial charge in [-0.15, -0.1) is 0 Å². The SMILES string of the molecule is CS(=O)(=O)c1ccc(C=O)c(NN(C(N)=S)c2ccc(Br)cc2)c1. The minimum atomic E-state index is -3.42. The first kappa shape index (κ1) is 18.4. The first-order chi connectivity index (χ1) is 11.2. The number of sulfone groups is 1. The molecule has 0 heterocycles. The van der Waals surface area contributed by atoms with Crippen molar-refractivity contribution in [2.45, 2.75) is 4.90 Å². The van der Waals surface area contributed by atoms with Gasteiger partial charge in [0.15, 0.2) is 21.2 Å². The molecule has 3 N–H and O–H groups in total. The number of rotatable bonds is 5.